The van der Waals surface area contributed by atoms with Crippen LogP contribution in [0.5, 0.6) is 0 Å². The van der Waals surface area contributed by atoms with Crippen LogP contribution < -0.4 is 5.32 Å². The molecule has 0 bridgehead atoms. The van der Waals surface area contributed by atoms with Crippen LogP contribution in [0.15, 0.2) is 24.3 Å². The van der Waals surface area contributed by atoms with Gasteiger partial charge < -0.3 is 5.32 Å². The minimum Gasteiger partial charge on any atom is -0.313 e. The highest BCUT2D eigenvalue weighted by molar-refractivity contribution is 5.23. The van der Waals surface area contributed by atoms with Crippen molar-refractivity contribution in [1.29, 1.82) is 0 Å². The van der Waals surface area contributed by atoms with Gasteiger partial charge in [0.2, 0.25) is 0 Å². The maximum Gasteiger partial charge on any atom is 0.0289 e. The fourth-order valence-corrected chi connectivity index (χ4v) is 1.02. The Kier molecular flexibility index (Phi) is 6.25. The van der Waals surface area contributed by atoms with E-state index in [1.165, 1.54) is 11.1 Å². The van der Waals surface area contributed by atoms with Crippen molar-refractivity contribution in [2.24, 2.45) is 0 Å². The van der Waals surface area contributed by atoms with Crippen molar-refractivity contribution < 1.29 is 0 Å². The monoisotopic (exact) mass is 179 g/mol. The van der Waals surface area contributed by atoms with Gasteiger partial charge in [-0.05, 0) is 26.5 Å². The molecule has 0 fully saturated rings. The number of rotatable bonds is 2. The summed E-state index contributed by atoms with van der Waals surface area (Å²) in [5.74, 6) is 0. The molecule has 0 unspecified atom stereocenters. The quantitative estimate of drug-likeness (QED) is 0.734. The number of aryl methyl sites for hydroxylation is 1. The Morgan fingerprint density at radius 2 is 1.54 bits per heavy atom. The normalized spacial score (nSPS) is 11.5. The van der Waals surface area contributed by atoms with Crippen LogP contribution in [0.25, 0.3) is 0 Å². The standard InChI is InChI=1S/C10H15N.C2H6/c1-8-4-6-10(7-5-8)9(2)11-3;1-2/h4-7,9,11H,1-3H3;1-2H3/t9-;/m0./s1. The Bertz CT molecular complexity index is 213. The molecule has 0 radical (unpaired) electrons. The Labute approximate surface area is 82.2 Å². The van der Waals surface area contributed by atoms with Gasteiger partial charge in [0.25, 0.3) is 0 Å². The maximum absolute atomic E-state index is 3.20. The Morgan fingerprint density at radius 3 is 1.92 bits per heavy atom. The van der Waals surface area contributed by atoms with Crippen LogP contribution in [0.1, 0.15) is 37.9 Å². The number of benzene rings is 1. The molecule has 0 saturated heterocycles. The van der Waals surface area contributed by atoms with Crippen LogP contribution in [0.3, 0.4) is 0 Å². The predicted molar refractivity (Wildman–Crippen MR) is 60.0 cm³/mol. The fraction of sp³-hybridized carbons (Fsp3) is 0.500. The lowest BCUT2D eigenvalue weighted by Crippen LogP contribution is -2.11. The van der Waals surface area contributed by atoms with Crippen LogP contribution in [0.4, 0.5) is 0 Å². The lowest BCUT2D eigenvalue weighted by molar-refractivity contribution is 0.652. The fourth-order valence-electron chi connectivity index (χ4n) is 1.02. The summed E-state index contributed by atoms with van der Waals surface area (Å²) in [7, 11) is 1.98. The van der Waals surface area contributed by atoms with E-state index in [9.17, 15) is 0 Å². The predicted octanol–water partition coefficient (Wildman–Crippen LogP) is 3.30. The van der Waals surface area contributed by atoms with Gasteiger partial charge in [-0.15, -0.1) is 0 Å². The molecule has 1 N–H and O–H groups in total. The number of hydrogen-bond donors (Lipinski definition) is 1. The van der Waals surface area contributed by atoms with Crippen molar-refractivity contribution in [1.82, 2.24) is 5.32 Å². The smallest absolute Gasteiger partial charge is 0.0289 e. The summed E-state index contributed by atoms with van der Waals surface area (Å²) >= 11 is 0. The summed E-state index contributed by atoms with van der Waals surface area (Å²) in [4.78, 5) is 0. The molecule has 74 valence electrons. The highest BCUT2D eigenvalue weighted by Gasteiger charge is 1.99. The van der Waals surface area contributed by atoms with Gasteiger partial charge in [0.05, 0.1) is 0 Å². The van der Waals surface area contributed by atoms with Crippen molar-refractivity contribution >= 4 is 0 Å². The van der Waals surface area contributed by atoms with Gasteiger partial charge >= 0.3 is 0 Å². The molecule has 0 aromatic heterocycles. The van der Waals surface area contributed by atoms with Crippen molar-refractivity contribution in [3.05, 3.63) is 35.4 Å². The molecule has 0 spiro atoms. The topological polar surface area (TPSA) is 12.0 Å². The van der Waals surface area contributed by atoms with Gasteiger partial charge in [-0.25, -0.2) is 0 Å². The molecule has 1 heteroatoms. The first-order valence-corrected chi connectivity index (χ1v) is 4.98. The zero-order valence-corrected chi connectivity index (χ0v) is 9.39. The molecule has 0 amide bonds. The third-order valence-corrected chi connectivity index (χ3v) is 2.01. The first kappa shape index (κ1) is 12.2. The summed E-state index contributed by atoms with van der Waals surface area (Å²) < 4.78 is 0. The van der Waals surface area contributed by atoms with Crippen LogP contribution in [0.2, 0.25) is 0 Å². The molecule has 1 rings (SSSR count). The van der Waals surface area contributed by atoms with Crippen molar-refractivity contribution in [2.45, 2.75) is 33.7 Å². The van der Waals surface area contributed by atoms with E-state index in [2.05, 4.69) is 43.4 Å². The first-order valence-electron chi connectivity index (χ1n) is 4.98. The van der Waals surface area contributed by atoms with E-state index in [-0.39, 0.29) is 0 Å². The minimum atomic E-state index is 0.454. The molecule has 1 nitrogen and oxygen atoms in total. The Morgan fingerprint density at radius 1 is 1.08 bits per heavy atom. The third-order valence-electron chi connectivity index (χ3n) is 2.01. The summed E-state index contributed by atoms with van der Waals surface area (Å²) in [6.45, 7) is 8.26. The van der Waals surface area contributed by atoms with Gasteiger partial charge in [0.15, 0.2) is 0 Å². The molecule has 0 heterocycles. The van der Waals surface area contributed by atoms with Crippen LogP contribution in [-0.4, -0.2) is 7.05 Å². The second-order valence-electron chi connectivity index (χ2n) is 2.92. The van der Waals surface area contributed by atoms with Crippen LogP contribution >= 0.6 is 0 Å². The maximum atomic E-state index is 3.20. The molecular formula is C12H21N. The van der Waals surface area contributed by atoms with Gasteiger partial charge in [-0.2, -0.15) is 0 Å². The van der Waals surface area contributed by atoms with Gasteiger partial charge in [0, 0.05) is 6.04 Å². The second kappa shape index (κ2) is 6.67. The van der Waals surface area contributed by atoms with E-state index in [0.717, 1.165) is 0 Å². The molecule has 13 heavy (non-hydrogen) atoms. The van der Waals surface area contributed by atoms with Gasteiger partial charge in [-0.3, -0.25) is 0 Å². The largest absolute Gasteiger partial charge is 0.313 e. The highest BCUT2D eigenvalue weighted by Crippen LogP contribution is 2.11. The molecule has 0 aliphatic heterocycles. The lowest BCUT2D eigenvalue weighted by Gasteiger charge is -2.09. The van der Waals surface area contributed by atoms with Crippen LogP contribution in [0, 0.1) is 6.92 Å². The molecule has 0 saturated carbocycles. The highest BCUT2D eigenvalue weighted by atomic mass is 14.8. The van der Waals surface area contributed by atoms with Gasteiger partial charge in [0.1, 0.15) is 0 Å². The second-order valence-corrected chi connectivity index (χ2v) is 2.92. The molecular weight excluding hydrogens is 158 g/mol. The summed E-state index contributed by atoms with van der Waals surface area (Å²) in [6.07, 6.45) is 0. The first-order chi connectivity index (χ1) is 6.24. The summed E-state index contributed by atoms with van der Waals surface area (Å²) in [5.41, 5.74) is 2.66. The molecule has 0 aliphatic rings. The van der Waals surface area contributed by atoms with Crippen LogP contribution in [-0.2, 0) is 0 Å². The number of nitrogens with one attached hydrogen (secondary N) is 1. The zero-order chi connectivity index (χ0) is 10.3. The molecule has 1 atom stereocenters. The third kappa shape index (κ3) is 4.09. The molecule has 1 aromatic rings. The van der Waals surface area contributed by atoms with Crippen molar-refractivity contribution in [2.75, 3.05) is 7.05 Å². The van der Waals surface area contributed by atoms with E-state index in [1.54, 1.807) is 0 Å². The minimum absolute atomic E-state index is 0.454. The van der Waals surface area contributed by atoms with E-state index in [0.29, 0.717) is 6.04 Å². The number of hydrogen-bond acceptors (Lipinski definition) is 1. The van der Waals surface area contributed by atoms with Gasteiger partial charge in [-0.1, -0.05) is 43.7 Å². The summed E-state index contributed by atoms with van der Waals surface area (Å²) in [5, 5.41) is 3.20. The van der Waals surface area contributed by atoms with E-state index < -0.39 is 0 Å². The lowest BCUT2D eigenvalue weighted by atomic mass is 10.1. The average molecular weight is 179 g/mol. The average Bonchev–Trinajstić information content (AvgIpc) is 2.21. The Balaban J connectivity index is 0.000000671. The van der Waals surface area contributed by atoms with E-state index in [4.69, 9.17) is 0 Å². The van der Waals surface area contributed by atoms with E-state index in [1.807, 2.05) is 20.9 Å². The Hall–Kier alpha value is -0.820. The van der Waals surface area contributed by atoms with E-state index >= 15 is 0 Å². The molecule has 0 aliphatic carbocycles. The van der Waals surface area contributed by atoms with Crippen molar-refractivity contribution in [3.8, 4) is 0 Å². The molecule has 1 aromatic carbocycles. The summed E-state index contributed by atoms with van der Waals surface area (Å²) in [6, 6.07) is 9.06. The van der Waals surface area contributed by atoms with Crippen molar-refractivity contribution in [3.63, 3.8) is 0 Å². The SMILES string of the molecule is CC.CN[C@@H](C)c1ccc(C)cc1. The zero-order valence-electron chi connectivity index (χ0n) is 9.39.